The van der Waals surface area contributed by atoms with Crippen LogP contribution in [0.1, 0.15) is 51.0 Å². The van der Waals surface area contributed by atoms with E-state index in [4.69, 9.17) is 4.74 Å². The van der Waals surface area contributed by atoms with Crippen LogP contribution in [0.15, 0.2) is 59.4 Å². The summed E-state index contributed by atoms with van der Waals surface area (Å²) in [6.45, 7) is 6.98. The molecule has 0 spiro atoms. The maximum Gasteiger partial charge on any atom is 0.262 e. The maximum absolute atomic E-state index is 13.2. The number of aromatic nitrogens is 4. The Labute approximate surface area is 198 Å². The highest BCUT2D eigenvalue weighted by Crippen LogP contribution is 2.16. The molecule has 1 amide bonds. The Kier molecular flexibility index (Phi) is 7.37. The number of hydrogen-bond donors (Lipinski definition) is 1. The van der Waals surface area contributed by atoms with E-state index in [2.05, 4.69) is 15.5 Å². The molecule has 0 aliphatic rings. The first-order chi connectivity index (χ1) is 16.5. The van der Waals surface area contributed by atoms with Crippen LogP contribution < -0.4 is 10.9 Å². The predicted octanol–water partition coefficient (Wildman–Crippen LogP) is 3.67. The molecule has 2 aromatic carbocycles. The molecule has 8 nitrogen and oxygen atoms in total. The minimum atomic E-state index is -0.0963. The molecule has 0 aliphatic carbocycles. The van der Waals surface area contributed by atoms with Gasteiger partial charge < -0.3 is 10.1 Å². The highest BCUT2D eigenvalue weighted by molar-refractivity contribution is 5.80. The molecule has 4 rings (SSSR count). The van der Waals surface area contributed by atoms with Gasteiger partial charge in [-0.2, -0.15) is 0 Å². The van der Waals surface area contributed by atoms with E-state index in [-0.39, 0.29) is 30.0 Å². The second-order valence-corrected chi connectivity index (χ2v) is 8.70. The zero-order valence-electron chi connectivity index (χ0n) is 19.9. The standard InChI is InChI=1S/C26H31N5O3/c1-18(2)34-17-9-16-30-25(33)21-12-7-8-13-22(21)31-23(28-29-26(30)31)14-15-24(32)27-19(3)20-10-5-4-6-11-20/h4-8,10-13,18-19H,9,14-17H2,1-3H3,(H,27,32)/t19-/m1/s1. The zero-order valence-corrected chi connectivity index (χ0v) is 19.9. The third-order valence-corrected chi connectivity index (χ3v) is 5.80. The number of fused-ring (bicyclic) bond motifs is 3. The Morgan fingerprint density at radius 2 is 1.76 bits per heavy atom. The lowest BCUT2D eigenvalue weighted by atomic mass is 10.1. The molecule has 0 aliphatic heterocycles. The molecule has 0 unspecified atom stereocenters. The molecule has 0 bridgehead atoms. The third kappa shape index (κ3) is 5.17. The Balaban J connectivity index is 1.56. The van der Waals surface area contributed by atoms with Crippen LogP contribution in [-0.4, -0.2) is 37.8 Å². The molecule has 8 heteroatoms. The topological polar surface area (TPSA) is 90.5 Å². The summed E-state index contributed by atoms with van der Waals surface area (Å²) in [4.78, 5) is 25.8. The summed E-state index contributed by atoms with van der Waals surface area (Å²) in [5, 5.41) is 12.3. The predicted molar refractivity (Wildman–Crippen MR) is 132 cm³/mol. The van der Waals surface area contributed by atoms with Crippen LogP contribution in [0, 0.1) is 0 Å². The first kappa shape index (κ1) is 23.6. The SMILES string of the molecule is CC(C)OCCCn1c(=O)c2ccccc2n2c(CCC(=O)N[C@H](C)c3ccccc3)nnc12. The number of carbonyl (C=O) groups excluding carboxylic acids is 1. The van der Waals surface area contributed by atoms with Gasteiger partial charge in [-0.05, 0) is 44.9 Å². The molecule has 2 aromatic heterocycles. The van der Waals surface area contributed by atoms with E-state index in [9.17, 15) is 9.59 Å². The van der Waals surface area contributed by atoms with Crippen molar-refractivity contribution in [3.63, 3.8) is 0 Å². The molecule has 2 heterocycles. The van der Waals surface area contributed by atoms with Crippen molar-refractivity contribution in [1.29, 1.82) is 0 Å². The lowest BCUT2D eigenvalue weighted by molar-refractivity contribution is -0.121. The molecule has 34 heavy (non-hydrogen) atoms. The van der Waals surface area contributed by atoms with Crippen molar-refractivity contribution in [1.82, 2.24) is 24.5 Å². The van der Waals surface area contributed by atoms with E-state index in [0.29, 0.717) is 43.0 Å². The van der Waals surface area contributed by atoms with Crippen LogP contribution in [-0.2, 0) is 22.5 Å². The molecular formula is C26H31N5O3. The number of ether oxygens (including phenoxy) is 1. The first-order valence-corrected chi connectivity index (χ1v) is 11.8. The van der Waals surface area contributed by atoms with Crippen LogP contribution in [0.3, 0.4) is 0 Å². The number of aryl methyl sites for hydroxylation is 2. The summed E-state index contributed by atoms with van der Waals surface area (Å²) >= 11 is 0. The van der Waals surface area contributed by atoms with E-state index in [1.54, 1.807) is 4.57 Å². The Hall–Kier alpha value is -3.52. The smallest absolute Gasteiger partial charge is 0.262 e. The van der Waals surface area contributed by atoms with Gasteiger partial charge in [-0.25, -0.2) is 0 Å². The number of nitrogens with one attached hydrogen (secondary N) is 1. The molecular weight excluding hydrogens is 430 g/mol. The quantitative estimate of drug-likeness (QED) is 0.364. The molecule has 1 N–H and O–H groups in total. The average molecular weight is 462 g/mol. The van der Waals surface area contributed by atoms with Crippen LogP contribution >= 0.6 is 0 Å². The van der Waals surface area contributed by atoms with Gasteiger partial charge in [0.05, 0.1) is 23.0 Å². The zero-order chi connectivity index (χ0) is 24.1. The summed E-state index contributed by atoms with van der Waals surface area (Å²) in [7, 11) is 0. The van der Waals surface area contributed by atoms with E-state index in [0.717, 1.165) is 11.1 Å². The first-order valence-electron chi connectivity index (χ1n) is 11.8. The summed E-state index contributed by atoms with van der Waals surface area (Å²) in [5.41, 5.74) is 1.71. The van der Waals surface area contributed by atoms with Gasteiger partial charge in [-0.3, -0.25) is 18.6 Å². The van der Waals surface area contributed by atoms with Gasteiger partial charge in [-0.15, -0.1) is 10.2 Å². The molecule has 0 radical (unpaired) electrons. The fourth-order valence-corrected chi connectivity index (χ4v) is 4.08. The minimum Gasteiger partial charge on any atom is -0.379 e. The van der Waals surface area contributed by atoms with Crippen LogP contribution in [0.5, 0.6) is 0 Å². The van der Waals surface area contributed by atoms with Gasteiger partial charge in [0.25, 0.3) is 5.56 Å². The highest BCUT2D eigenvalue weighted by Gasteiger charge is 2.17. The van der Waals surface area contributed by atoms with Gasteiger partial charge in [-0.1, -0.05) is 42.5 Å². The Bertz CT molecular complexity index is 1330. The molecule has 1 atom stereocenters. The van der Waals surface area contributed by atoms with Crippen molar-refractivity contribution in [2.75, 3.05) is 6.61 Å². The number of amides is 1. The Morgan fingerprint density at radius 3 is 2.53 bits per heavy atom. The van der Waals surface area contributed by atoms with Crippen molar-refractivity contribution in [2.24, 2.45) is 0 Å². The van der Waals surface area contributed by atoms with Crippen molar-refractivity contribution in [3.05, 3.63) is 76.3 Å². The lowest BCUT2D eigenvalue weighted by Gasteiger charge is -2.14. The van der Waals surface area contributed by atoms with E-state index in [1.165, 1.54) is 0 Å². The second-order valence-electron chi connectivity index (χ2n) is 8.70. The van der Waals surface area contributed by atoms with Gasteiger partial charge in [0.2, 0.25) is 11.7 Å². The molecule has 0 fully saturated rings. The number of nitrogens with zero attached hydrogens (tertiary/aromatic N) is 4. The van der Waals surface area contributed by atoms with Crippen LogP contribution in [0.2, 0.25) is 0 Å². The summed E-state index contributed by atoms with van der Waals surface area (Å²) in [6.07, 6.45) is 1.51. The van der Waals surface area contributed by atoms with Gasteiger partial charge in [0.15, 0.2) is 0 Å². The van der Waals surface area contributed by atoms with Crippen molar-refractivity contribution in [3.8, 4) is 0 Å². The summed E-state index contributed by atoms with van der Waals surface area (Å²) < 4.78 is 9.18. The fourth-order valence-electron chi connectivity index (χ4n) is 4.08. The average Bonchev–Trinajstić information content (AvgIpc) is 3.26. The number of benzene rings is 2. The molecule has 0 saturated carbocycles. The largest absolute Gasteiger partial charge is 0.379 e. The fraction of sp³-hybridized carbons (Fsp3) is 0.385. The third-order valence-electron chi connectivity index (χ3n) is 5.80. The van der Waals surface area contributed by atoms with Crippen LogP contribution in [0.25, 0.3) is 16.7 Å². The van der Waals surface area contributed by atoms with Gasteiger partial charge >= 0.3 is 0 Å². The minimum absolute atomic E-state index is 0.0587. The normalized spacial score (nSPS) is 12.5. The molecule has 178 valence electrons. The van der Waals surface area contributed by atoms with Crippen LogP contribution in [0.4, 0.5) is 0 Å². The number of para-hydroxylation sites is 1. The monoisotopic (exact) mass is 461 g/mol. The number of carbonyl (C=O) groups is 1. The molecule has 4 aromatic rings. The van der Waals surface area contributed by atoms with E-state index >= 15 is 0 Å². The highest BCUT2D eigenvalue weighted by atomic mass is 16.5. The molecule has 0 saturated heterocycles. The maximum atomic E-state index is 13.2. The second kappa shape index (κ2) is 10.6. The van der Waals surface area contributed by atoms with Crippen molar-refractivity contribution in [2.45, 2.75) is 58.7 Å². The lowest BCUT2D eigenvalue weighted by Crippen LogP contribution is -2.27. The number of rotatable bonds is 10. The van der Waals surface area contributed by atoms with Gasteiger partial charge in [0, 0.05) is 26.0 Å². The van der Waals surface area contributed by atoms with Gasteiger partial charge in [0.1, 0.15) is 5.82 Å². The summed E-state index contributed by atoms with van der Waals surface area (Å²) in [5.74, 6) is 1.08. The van der Waals surface area contributed by atoms with Crippen molar-refractivity contribution < 1.29 is 9.53 Å². The van der Waals surface area contributed by atoms with Crippen molar-refractivity contribution >= 4 is 22.6 Å². The van der Waals surface area contributed by atoms with E-state index < -0.39 is 0 Å². The Morgan fingerprint density at radius 1 is 1.03 bits per heavy atom. The van der Waals surface area contributed by atoms with E-state index in [1.807, 2.05) is 79.8 Å². The summed E-state index contributed by atoms with van der Waals surface area (Å²) in [6, 6.07) is 17.2. The number of hydrogen-bond acceptors (Lipinski definition) is 5.